The number of amides is 1. The summed E-state index contributed by atoms with van der Waals surface area (Å²) in [5, 5.41) is 16.3. The lowest BCUT2D eigenvalue weighted by molar-refractivity contribution is 0.0630. The molecule has 0 saturated heterocycles. The fourth-order valence-corrected chi connectivity index (χ4v) is 3.87. The summed E-state index contributed by atoms with van der Waals surface area (Å²) in [6.45, 7) is 3.72. The fourth-order valence-electron chi connectivity index (χ4n) is 3.02. The second-order valence-corrected chi connectivity index (χ2v) is 8.35. The molecule has 0 aliphatic heterocycles. The van der Waals surface area contributed by atoms with Gasteiger partial charge in [-0.3, -0.25) is 10.1 Å². The molecule has 0 bridgehead atoms. The molecule has 0 aliphatic rings. The Bertz CT molecular complexity index is 1150. The molecule has 0 saturated carbocycles. The van der Waals surface area contributed by atoms with Crippen LogP contribution in [-0.2, 0) is 6.54 Å². The summed E-state index contributed by atoms with van der Waals surface area (Å²) in [6, 6.07) is 9.31. The number of rotatable bonds is 6. The van der Waals surface area contributed by atoms with E-state index in [0.717, 1.165) is 21.6 Å². The van der Waals surface area contributed by atoms with Gasteiger partial charge in [-0.25, -0.2) is 9.97 Å². The first kappa shape index (κ1) is 19.2. The molecule has 0 atom stereocenters. The van der Waals surface area contributed by atoms with Gasteiger partial charge in [-0.05, 0) is 44.2 Å². The van der Waals surface area contributed by atoms with E-state index in [-0.39, 0.29) is 12.5 Å². The average Bonchev–Trinajstić information content (AvgIpc) is 3.40. The summed E-state index contributed by atoms with van der Waals surface area (Å²) >= 11 is 1.31. The third-order valence-corrected chi connectivity index (χ3v) is 5.41. The van der Waals surface area contributed by atoms with Gasteiger partial charge in [0.25, 0.3) is 5.91 Å². The molecule has 3 N–H and O–H groups in total. The van der Waals surface area contributed by atoms with Crippen LogP contribution in [-0.4, -0.2) is 38.2 Å². The minimum atomic E-state index is -0.975. The SMILES string of the molecule is CNc1ccc2c(c1)nc(NC(=O)c1ccc(-c3cnco3)s1)n2CC(C)(C)O. The van der Waals surface area contributed by atoms with Gasteiger partial charge in [0.05, 0.1) is 39.1 Å². The van der Waals surface area contributed by atoms with Crippen molar-refractivity contribution in [2.24, 2.45) is 0 Å². The molecule has 4 aromatic rings. The standard InChI is InChI=1S/C20H21N5O3S/c1-20(2,27)10-25-14-5-4-12(21-3)8-13(14)23-19(25)24-18(26)17-7-6-16(29-17)15-9-22-11-28-15/h4-9,11,21,27H,10H2,1-3H3,(H,23,24,26). The minimum Gasteiger partial charge on any atom is -0.443 e. The van der Waals surface area contributed by atoms with E-state index in [1.807, 2.05) is 35.9 Å². The van der Waals surface area contributed by atoms with Gasteiger partial charge < -0.3 is 19.4 Å². The molecule has 3 heterocycles. The molecular formula is C20H21N5O3S. The van der Waals surface area contributed by atoms with Gasteiger partial charge >= 0.3 is 0 Å². The lowest BCUT2D eigenvalue weighted by atomic mass is 10.1. The van der Waals surface area contributed by atoms with Crippen molar-refractivity contribution in [3.8, 4) is 10.6 Å². The Morgan fingerprint density at radius 1 is 1.31 bits per heavy atom. The highest BCUT2D eigenvalue weighted by Gasteiger charge is 2.21. The van der Waals surface area contributed by atoms with Crippen molar-refractivity contribution in [1.82, 2.24) is 14.5 Å². The third-order valence-electron chi connectivity index (χ3n) is 4.31. The molecule has 0 radical (unpaired) electrons. The van der Waals surface area contributed by atoms with Crippen LogP contribution in [0.15, 0.2) is 47.3 Å². The smallest absolute Gasteiger partial charge is 0.268 e. The number of anilines is 2. The molecule has 0 unspecified atom stereocenters. The predicted octanol–water partition coefficient (Wildman–Crippen LogP) is 3.82. The Balaban J connectivity index is 1.67. The Labute approximate surface area is 171 Å². The molecular weight excluding hydrogens is 390 g/mol. The summed E-state index contributed by atoms with van der Waals surface area (Å²) in [5.41, 5.74) is 1.50. The van der Waals surface area contributed by atoms with E-state index in [9.17, 15) is 9.90 Å². The predicted molar refractivity (Wildman–Crippen MR) is 113 cm³/mol. The number of hydrogen-bond acceptors (Lipinski definition) is 7. The number of benzene rings is 1. The molecule has 150 valence electrons. The third kappa shape index (κ3) is 4.01. The molecule has 0 fully saturated rings. The summed E-state index contributed by atoms with van der Waals surface area (Å²) in [6.07, 6.45) is 2.96. The summed E-state index contributed by atoms with van der Waals surface area (Å²) in [5.74, 6) is 0.722. The van der Waals surface area contributed by atoms with Crippen LogP contribution in [0.3, 0.4) is 0 Å². The van der Waals surface area contributed by atoms with Crippen molar-refractivity contribution in [2.45, 2.75) is 26.0 Å². The van der Waals surface area contributed by atoms with Crippen LogP contribution in [0.4, 0.5) is 11.6 Å². The number of thiophene rings is 1. The molecule has 9 heteroatoms. The second kappa shape index (κ2) is 7.34. The first-order valence-corrected chi connectivity index (χ1v) is 9.86. The highest BCUT2D eigenvalue weighted by Crippen LogP contribution is 2.29. The number of fused-ring (bicyclic) bond motifs is 1. The van der Waals surface area contributed by atoms with Crippen LogP contribution in [0.2, 0.25) is 0 Å². The Hall–Kier alpha value is -3.17. The fraction of sp³-hybridized carbons (Fsp3) is 0.250. The molecule has 1 amide bonds. The maximum Gasteiger partial charge on any atom is 0.268 e. The summed E-state index contributed by atoms with van der Waals surface area (Å²) in [4.78, 5) is 22.7. The average molecular weight is 411 g/mol. The quantitative estimate of drug-likeness (QED) is 0.445. The van der Waals surface area contributed by atoms with E-state index in [1.165, 1.54) is 17.7 Å². The van der Waals surface area contributed by atoms with E-state index in [2.05, 4.69) is 20.6 Å². The van der Waals surface area contributed by atoms with Gasteiger partial charge in [0.2, 0.25) is 5.95 Å². The molecule has 0 aliphatic carbocycles. The topological polar surface area (TPSA) is 105 Å². The van der Waals surface area contributed by atoms with Crippen molar-refractivity contribution in [1.29, 1.82) is 0 Å². The molecule has 29 heavy (non-hydrogen) atoms. The number of nitrogens with one attached hydrogen (secondary N) is 2. The van der Waals surface area contributed by atoms with Crippen LogP contribution < -0.4 is 10.6 Å². The number of hydrogen-bond donors (Lipinski definition) is 3. The molecule has 8 nitrogen and oxygen atoms in total. The number of carbonyl (C=O) groups excluding carboxylic acids is 1. The van der Waals surface area contributed by atoms with E-state index in [1.54, 1.807) is 26.1 Å². The lowest BCUT2D eigenvalue weighted by Gasteiger charge is -2.20. The van der Waals surface area contributed by atoms with Crippen molar-refractivity contribution >= 4 is 39.9 Å². The first-order valence-electron chi connectivity index (χ1n) is 9.04. The van der Waals surface area contributed by atoms with Gasteiger partial charge in [0, 0.05) is 12.7 Å². The van der Waals surface area contributed by atoms with Crippen LogP contribution in [0.1, 0.15) is 23.5 Å². The van der Waals surface area contributed by atoms with Gasteiger partial charge in [-0.2, -0.15) is 0 Å². The number of oxazole rings is 1. The van der Waals surface area contributed by atoms with Crippen molar-refractivity contribution in [3.63, 3.8) is 0 Å². The Kier molecular flexibility index (Phi) is 4.85. The maximum absolute atomic E-state index is 12.8. The number of carbonyl (C=O) groups is 1. The van der Waals surface area contributed by atoms with Crippen molar-refractivity contribution < 1.29 is 14.3 Å². The highest BCUT2D eigenvalue weighted by molar-refractivity contribution is 7.17. The van der Waals surface area contributed by atoms with Crippen LogP contribution >= 0.6 is 11.3 Å². The van der Waals surface area contributed by atoms with Crippen LogP contribution in [0, 0.1) is 0 Å². The zero-order valence-corrected chi connectivity index (χ0v) is 17.1. The van der Waals surface area contributed by atoms with E-state index >= 15 is 0 Å². The summed E-state index contributed by atoms with van der Waals surface area (Å²) < 4.78 is 7.10. The Morgan fingerprint density at radius 2 is 2.14 bits per heavy atom. The monoisotopic (exact) mass is 411 g/mol. The number of aromatic nitrogens is 3. The number of imidazole rings is 1. The lowest BCUT2D eigenvalue weighted by Crippen LogP contribution is -2.27. The molecule has 3 aromatic heterocycles. The van der Waals surface area contributed by atoms with Gasteiger partial charge in [-0.1, -0.05) is 0 Å². The first-order chi connectivity index (χ1) is 13.8. The normalized spacial score (nSPS) is 11.7. The van der Waals surface area contributed by atoms with E-state index in [4.69, 9.17) is 4.42 Å². The zero-order chi connectivity index (χ0) is 20.6. The van der Waals surface area contributed by atoms with Gasteiger partial charge in [0.1, 0.15) is 0 Å². The largest absolute Gasteiger partial charge is 0.443 e. The van der Waals surface area contributed by atoms with Gasteiger partial charge in [-0.15, -0.1) is 11.3 Å². The van der Waals surface area contributed by atoms with Crippen LogP contribution in [0.5, 0.6) is 0 Å². The van der Waals surface area contributed by atoms with Gasteiger partial charge in [0.15, 0.2) is 12.2 Å². The molecule has 0 spiro atoms. The van der Waals surface area contributed by atoms with E-state index < -0.39 is 5.60 Å². The van der Waals surface area contributed by atoms with Crippen molar-refractivity contribution in [2.75, 3.05) is 17.7 Å². The van der Waals surface area contributed by atoms with Crippen molar-refractivity contribution in [3.05, 3.63) is 47.8 Å². The zero-order valence-electron chi connectivity index (χ0n) is 16.3. The molecule has 1 aromatic carbocycles. The second-order valence-electron chi connectivity index (χ2n) is 7.27. The summed E-state index contributed by atoms with van der Waals surface area (Å²) in [7, 11) is 1.83. The maximum atomic E-state index is 12.8. The van der Waals surface area contributed by atoms with E-state index in [0.29, 0.717) is 16.6 Å². The number of aliphatic hydroxyl groups is 1. The van der Waals surface area contributed by atoms with Crippen LogP contribution in [0.25, 0.3) is 21.7 Å². The highest BCUT2D eigenvalue weighted by atomic mass is 32.1. The minimum absolute atomic E-state index is 0.276. The number of nitrogens with zero attached hydrogens (tertiary/aromatic N) is 3. The Morgan fingerprint density at radius 3 is 2.83 bits per heavy atom. The molecule has 4 rings (SSSR count).